The van der Waals surface area contributed by atoms with Crippen LogP contribution in [-0.2, 0) is 6.42 Å². The van der Waals surface area contributed by atoms with Crippen LogP contribution in [0.15, 0.2) is 103 Å². The number of fused-ring (bicyclic) bond motifs is 3. The van der Waals surface area contributed by atoms with Gasteiger partial charge in [0.2, 0.25) is 0 Å². The summed E-state index contributed by atoms with van der Waals surface area (Å²) in [4.78, 5) is 4.21. The Kier molecular flexibility index (Phi) is 3.91. The van der Waals surface area contributed by atoms with E-state index in [1.54, 1.807) is 0 Å². The molecule has 0 radical (unpaired) electrons. The number of hydrogen-bond donors (Lipinski definition) is 0. The van der Waals surface area contributed by atoms with E-state index in [-0.39, 0.29) is 0 Å². The van der Waals surface area contributed by atoms with E-state index in [4.69, 9.17) is 0 Å². The minimum Gasteiger partial charge on any atom is -0.264 e. The molecule has 4 aromatic carbocycles. The summed E-state index contributed by atoms with van der Waals surface area (Å²) in [6.45, 7) is 0. The van der Waals surface area contributed by atoms with Gasteiger partial charge >= 0.3 is 0 Å². The molecular weight excluding hydrogens is 326 g/mol. The van der Waals surface area contributed by atoms with Gasteiger partial charge in [0.15, 0.2) is 0 Å². The van der Waals surface area contributed by atoms with Crippen molar-refractivity contribution in [2.24, 2.45) is 0 Å². The number of nitrogens with zero attached hydrogens (tertiary/aromatic N) is 1. The molecule has 0 saturated heterocycles. The van der Waals surface area contributed by atoms with Gasteiger partial charge in [-0.05, 0) is 56.3 Å². The number of aromatic nitrogens is 1. The molecule has 0 atom stereocenters. The summed E-state index contributed by atoms with van der Waals surface area (Å²) in [6.07, 6.45) is 4.65. The Morgan fingerprint density at radius 3 is 2.11 bits per heavy atom. The smallest absolute Gasteiger partial charge is 0.0346 e. The highest BCUT2D eigenvalue weighted by molar-refractivity contribution is 6.09. The van der Waals surface area contributed by atoms with Crippen molar-refractivity contribution in [2.75, 3.05) is 0 Å². The van der Waals surface area contributed by atoms with Gasteiger partial charge in [-0.3, -0.25) is 4.98 Å². The maximum atomic E-state index is 4.21. The standard InChI is InChI=1S/C26H19N/c1-2-8-24-21(6-1)17-23(25-9-3-4-10-26(24)25)16-19-11-13-20(14-12-19)22-7-5-15-27-18-22/h1-15,17-18H,16H2. The highest BCUT2D eigenvalue weighted by atomic mass is 14.6. The molecule has 0 N–H and O–H groups in total. The molecule has 27 heavy (non-hydrogen) atoms. The van der Waals surface area contributed by atoms with Crippen LogP contribution in [0.1, 0.15) is 11.1 Å². The molecule has 0 aliphatic heterocycles. The van der Waals surface area contributed by atoms with Gasteiger partial charge in [-0.25, -0.2) is 0 Å². The number of pyridine rings is 1. The lowest BCUT2D eigenvalue weighted by Crippen LogP contribution is -1.91. The molecule has 0 bridgehead atoms. The molecule has 0 spiro atoms. The van der Waals surface area contributed by atoms with Crippen molar-refractivity contribution in [3.63, 3.8) is 0 Å². The van der Waals surface area contributed by atoms with Gasteiger partial charge in [-0.1, -0.05) is 84.9 Å². The van der Waals surface area contributed by atoms with E-state index in [9.17, 15) is 0 Å². The first kappa shape index (κ1) is 15.8. The Labute approximate surface area is 158 Å². The second-order valence-corrected chi connectivity index (χ2v) is 6.92. The van der Waals surface area contributed by atoms with Crippen molar-refractivity contribution in [1.82, 2.24) is 4.98 Å². The normalized spacial score (nSPS) is 11.1. The molecule has 0 fully saturated rings. The monoisotopic (exact) mass is 345 g/mol. The number of benzene rings is 4. The van der Waals surface area contributed by atoms with Gasteiger partial charge in [-0.2, -0.15) is 0 Å². The van der Waals surface area contributed by atoms with E-state index in [2.05, 4.69) is 89.9 Å². The summed E-state index contributed by atoms with van der Waals surface area (Å²) in [5, 5.41) is 5.30. The fourth-order valence-corrected chi connectivity index (χ4v) is 3.85. The van der Waals surface area contributed by atoms with Gasteiger partial charge in [0.1, 0.15) is 0 Å². The highest BCUT2D eigenvalue weighted by Crippen LogP contribution is 2.30. The Hall–Kier alpha value is -3.45. The molecule has 1 nitrogen and oxygen atoms in total. The first-order valence-electron chi connectivity index (χ1n) is 9.27. The van der Waals surface area contributed by atoms with Gasteiger partial charge in [0.05, 0.1) is 0 Å². The first-order valence-corrected chi connectivity index (χ1v) is 9.27. The summed E-state index contributed by atoms with van der Waals surface area (Å²) in [6, 6.07) is 32.6. The molecule has 0 unspecified atom stereocenters. The lowest BCUT2D eigenvalue weighted by Gasteiger charge is -2.11. The fourth-order valence-electron chi connectivity index (χ4n) is 3.85. The third-order valence-corrected chi connectivity index (χ3v) is 5.20. The maximum Gasteiger partial charge on any atom is 0.0346 e. The van der Waals surface area contributed by atoms with E-state index in [0.29, 0.717) is 0 Å². The molecular formula is C26H19N. The van der Waals surface area contributed by atoms with Crippen LogP contribution in [0.25, 0.3) is 32.7 Å². The largest absolute Gasteiger partial charge is 0.264 e. The van der Waals surface area contributed by atoms with Crippen molar-refractivity contribution in [3.8, 4) is 11.1 Å². The Morgan fingerprint density at radius 1 is 0.593 bits per heavy atom. The minimum absolute atomic E-state index is 0.929. The zero-order valence-corrected chi connectivity index (χ0v) is 15.0. The molecule has 128 valence electrons. The van der Waals surface area contributed by atoms with Crippen LogP contribution >= 0.6 is 0 Å². The zero-order valence-electron chi connectivity index (χ0n) is 15.0. The van der Waals surface area contributed by atoms with Gasteiger partial charge < -0.3 is 0 Å². The predicted octanol–water partition coefficient (Wildman–Crippen LogP) is 6.65. The summed E-state index contributed by atoms with van der Waals surface area (Å²) in [7, 11) is 0. The third-order valence-electron chi connectivity index (χ3n) is 5.20. The molecule has 0 aliphatic carbocycles. The lowest BCUT2D eigenvalue weighted by atomic mass is 9.93. The molecule has 5 rings (SSSR count). The number of hydrogen-bond acceptors (Lipinski definition) is 1. The van der Waals surface area contributed by atoms with Crippen LogP contribution in [-0.4, -0.2) is 4.98 Å². The van der Waals surface area contributed by atoms with Gasteiger partial charge in [-0.15, -0.1) is 0 Å². The van der Waals surface area contributed by atoms with Crippen LogP contribution < -0.4 is 0 Å². The van der Waals surface area contributed by atoms with Crippen molar-refractivity contribution >= 4 is 21.5 Å². The Bertz CT molecular complexity index is 1220. The second kappa shape index (κ2) is 6.69. The van der Waals surface area contributed by atoms with E-state index < -0.39 is 0 Å². The van der Waals surface area contributed by atoms with Crippen molar-refractivity contribution < 1.29 is 0 Å². The molecule has 1 heterocycles. The zero-order chi connectivity index (χ0) is 18.1. The van der Waals surface area contributed by atoms with Crippen LogP contribution in [0.4, 0.5) is 0 Å². The molecule has 5 aromatic rings. The van der Waals surface area contributed by atoms with Crippen LogP contribution in [0.2, 0.25) is 0 Å². The van der Waals surface area contributed by atoms with Gasteiger partial charge in [0, 0.05) is 12.4 Å². The lowest BCUT2D eigenvalue weighted by molar-refractivity contribution is 1.22. The molecule has 1 aromatic heterocycles. The molecule has 1 heteroatoms. The SMILES string of the molecule is c1cncc(-c2ccc(Cc3cc4ccccc4c4ccccc34)cc2)c1. The van der Waals surface area contributed by atoms with Crippen molar-refractivity contribution in [2.45, 2.75) is 6.42 Å². The van der Waals surface area contributed by atoms with E-state index in [1.165, 1.54) is 38.2 Å². The first-order chi connectivity index (χ1) is 13.4. The van der Waals surface area contributed by atoms with Crippen molar-refractivity contribution in [3.05, 3.63) is 115 Å². The van der Waals surface area contributed by atoms with Crippen LogP contribution in [0.5, 0.6) is 0 Å². The average Bonchev–Trinajstić information content (AvgIpc) is 2.75. The van der Waals surface area contributed by atoms with E-state index in [0.717, 1.165) is 12.0 Å². The summed E-state index contributed by atoms with van der Waals surface area (Å²) < 4.78 is 0. The third kappa shape index (κ3) is 2.98. The quantitative estimate of drug-likeness (QED) is 0.334. The minimum atomic E-state index is 0.929. The number of rotatable bonds is 3. The van der Waals surface area contributed by atoms with E-state index in [1.807, 2.05) is 18.5 Å². The fraction of sp³-hybridized carbons (Fsp3) is 0.0385. The predicted molar refractivity (Wildman–Crippen MR) is 114 cm³/mol. The van der Waals surface area contributed by atoms with Crippen molar-refractivity contribution in [1.29, 1.82) is 0 Å². The Morgan fingerprint density at radius 2 is 1.33 bits per heavy atom. The molecule has 0 amide bonds. The van der Waals surface area contributed by atoms with Gasteiger partial charge in [0.25, 0.3) is 0 Å². The summed E-state index contributed by atoms with van der Waals surface area (Å²) in [5.41, 5.74) is 5.05. The summed E-state index contributed by atoms with van der Waals surface area (Å²) >= 11 is 0. The second-order valence-electron chi connectivity index (χ2n) is 6.92. The average molecular weight is 345 g/mol. The molecule has 0 saturated carbocycles. The van der Waals surface area contributed by atoms with Crippen LogP contribution in [0.3, 0.4) is 0 Å². The highest BCUT2D eigenvalue weighted by Gasteiger charge is 2.07. The van der Waals surface area contributed by atoms with E-state index >= 15 is 0 Å². The summed E-state index contributed by atoms with van der Waals surface area (Å²) in [5.74, 6) is 0. The van der Waals surface area contributed by atoms with Crippen LogP contribution in [0, 0.1) is 0 Å². The topological polar surface area (TPSA) is 12.9 Å². The Balaban J connectivity index is 1.56. The maximum absolute atomic E-state index is 4.21. The molecule has 0 aliphatic rings.